The molecule has 1 saturated carbocycles. The monoisotopic (exact) mass is 246 g/mol. The number of carbonyl (C=O) groups is 1. The summed E-state index contributed by atoms with van der Waals surface area (Å²) in [6.45, 7) is 1.98. The van der Waals surface area contributed by atoms with E-state index in [9.17, 15) is 4.79 Å². The molecule has 18 heavy (non-hydrogen) atoms. The van der Waals surface area contributed by atoms with Crippen LogP contribution in [0.15, 0.2) is 24.3 Å². The van der Waals surface area contributed by atoms with Gasteiger partial charge in [-0.25, -0.2) is 0 Å². The third-order valence-corrected chi connectivity index (χ3v) is 3.69. The van der Waals surface area contributed by atoms with Gasteiger partial charge in [0.05, 0.1) is 0 Å². The van der Waals surface area contributed by atoms with Gasteiger partial charge >= 0.3 is 0 Å². The molecule has 0 saturated heterocycles. The molecule has 0 aliphatic heterocycles. The normalized spacial score (nSPS) is 18.2. The zero-order chi connectivity index (χ0) is 13.3. The van der Waals surface area contributed by atoms with Gasteiger partial charge in [0.1, 0.15) is 0 Å². The zero-order valence-electron chi connectivity index (χ0n) is 11.4. The maximum absolute atomic E-state index is 11.8. The fourth-order valence-corrected chi connectivity index (χ4v) is 2.31. The summed E-state index contributed by atoms with van der Waals surface area (Å²) in [4.78, 5) is 13.5. The first kappa shape index (κ1) is 13.1. The second kappa shape index (κ2) is 4.73. The highest BCUT2D eigenvalue weighted by Crippen LogP contribution is 2.42. The summed E-state index contributed by atoms with van der Waals surface area (Å²) in [7, 11) is 3.60. The molecule has 0 aromatic heterocycles. The van der Waals surface area contributed by atoms with Crippen molar-refractivity contribution in [1.29, 1.82) is 0 Å². The minimum absolute atomic E-state index is 0.0168. The average molecular weight is 246 g/mol. The van der Waals surface area contributed by atoms with Gasteiger partial charge in [-0.05, 0) is 30.4 Å². The number of nitrogens with two attached hydrogens (primary N) is 1. The summed E-state index contributed by atoms with van der Waals surface area (Å²) < 4.78 is 0. The first-order valence-electron chi connectivity index (χ1n) is 6.52. The van der Waals surface area contributed by atoms with Crippen LogP contribution in [-0.4, -0.2) is 24.9 Å². The minimum atomic E-state index is -0.0925. The molecule has 1 atom stereocenters. The highest BCUT2D eigenvalue weighted by molar-refractivity contribution is 5.78. The Morgan fingerprint density at radius 3 is 2.67 bits per heavy atom. The van der Waals surface area contributed by atoms with Crippen molar-refractivity contribution < 1.29 is 4.79 Å². The summed E-state index contributed by atoms with van der Waals surface area (Å²) in [5.74, 6) is 0.192. The van der Waals surface area contributed by atoms with Gasteiger partial charge < -0.3 is 10.6 Å². The zero-order valence-corrected chi connectivity index (χ0v) is 11.4. The number of hydrogen-bond donors (Lipinski definition) is 1. The lowest BCUT2D eigenvalue weighted by molar-refractivity contribution is -0.132. The third kappa shape index (κ3) is 2.72. The molecular weight excluding hydrogens is 224 g/mol. The molecule has 3 heteroatoms. The van der Waals surface area contributed by atoms with Gasteiger partial charge in [-0.1, -0.05) is 31.2 Å². The molecule has 1 aliphatic rings. The Morgan fingerprint density at radius 1 is 1.44 bits per heavy atom. The summed E-state index contributed by atoms with van der Waals surface area (Å²) >= 11 is 0. The molecule has 1 fully saturated rings. The molecule has 0 heterocycles. The molecule has 2 rings (SSSR count). The maximum atomic E-state index is 11.8. The first-order chi connectivity index (χ1) is 8.42. The molecule has 1 aromatic carbocycles. The molecule has 0 bridgehead atoms. The van der Waals surface area contributed by atoms with E-state index in [1.165, 1.54) is 11.1 Å². The van der Waals surface area contributed by atoms with E-state index in [1.807, 2.05) is 13.0 Å². The Balaban J connectivity index is 2.08. The van der Waals surface area contributed by atoms with E-state index in [-0.39, 0.29) is 17.4 Å². The van der Waals surface area contributed by atoms with E-state index in [2.05, 4.69) is 18.2 Å². The third-order valence-electron chi connectivity index (χ3n) is 3.69. The minimum Gasteiger partial charge on any atom is -0.349 e. The molecule has 0 radical (unpaired) electrons. The van der Waals surface area contributed by atoms with Crippen LogP contribution in [0.1, 0.15) is 30.9 Å². The Hall–Kier alpha value is -1.35. The van der Waals surface area contributed by atoms with Crippen LogP contribution in [0.4, 0.5) is 0 Å². The van der Waals surface area contributed by atoms with E-state index in [0.717, 1.165) is 19.3 Å². The van der Waals surface area contributed by atoms with Gasteiger partial charge in [-0.2, -0.15) is 0 Å². The van der Waals surface area contributed by atoms with Crippen LogP contribution in [0.25, 0.3) is 0 Å². The summed E-state index contributed by atoms with van der Waals surface area (Å²) in [6.07, 6.45) is 2.92. The number of rotatable bonds is 4. The lowest BCUT2D eigenvalue weighted by atomic mass is 9.96. The topological polar surface area (TPSA) is 46.3 Å². The number of carbonyl (C=O) groups excluding carboxylic acids is 1. The SMILES string of the molecule is CC(Cc1cccc(C2(N)CC2)c1)C(=O)N(C)C. The fraction of sp³-hybridized carbons (Fsp3) is 0.533. The van der Waals surface area contributed by atoms with Crippen molar-refractivity contribution in [3.05, 3.63) is 35.4 Å². The van der Waals surface area contributed by atoms with E-state index in [4.69, 9.17) is 5.73 Å². The highest BCUT2D eigenvalue weighted by atomic mass is 16.2. The second-order valence-corrected chi connectivity index (χ2v) is 5.69. The molecule has 3 nitrogen and oxygen atoms in total. The van der Waals surface area contributed by atoms with Crippen molar-refractivity contribution in [2.75, 3.05) is 14.1 Å². The molecule has 2 N–H and O–H groups in total. The maximum Gasteiger partial charge on any atom is 0.225 e. The van der Waals surface area contributed by atoms with Crippen LogP contribution in [-0.2, 0) is 16.8 Å². The summed E-state index contributed by atoms with van der Waals surface area (Å²) in [6, 6.07) is 8.38. The largest absolute Gasteiger partial charge is 0.349 e. The van der Waals surface area contributed by atoms with Gasteiger partial charge in [0, 0.05) is 25.6 Å². The number of benzene rings is 1. The molecule has 1 unspecified atom stereocenters. The molecular formula is C15H22N2O. The van der Waals surface area contributed by atoms with Crippen molar-refractivity contribution >= 4 is 5.91 Å². The predicted molar refractivity (Wildman–Crippen MR) is 73.1 cm³/mol. The van der Waals surface area contributed by atoms with Gasteiger partial charge in [0.25, 0.3) is 0 Å². The Kier molecular flexibility index (Phi) is 3.44. The van der Waals surface area contributed by atoms with E-state index in [0.29, 0.717) is 0 Å². The molecule has 1 amide bonds. The highest BCUT2D eigenvalue weighted by Gasteiger charge is 2.39. The predicted octanol–water partition coefficient (Wildman–Crippen LogP) is 1.90. The van der Waals surface area contributed by atoms with Crippen LogP contribution in [0.5, 0.6) is 0 Å². The van der Waals surface area contributed by atoms with Gasteiger partial charge in [0.2, 0.25) is 5.91 Å². The molecule has 1 aromatic rings. The van der Waals surface area contributed by atoms with Gasteiger partial charge in [-0.3, -0.25) is 4.79 Å². The summed E-state index contributed by atoms with van der Waals surface area (Å²) in [5.41, 5.74) is 8.52. The number of nitrogens with zero attached hydrogens (tertiary/aromatic N) is 1. The van der Waals surface area contributed by atoms with Crippen LogP contribution >= 0.6 is 0 Å². The lowest BCUT2D eigenvalue weighted by Crippen LogP contribution is -2.29. The standard InChI is InChI=1S/C15H22N2O/c1-11(14(18)17(2)3)9-12-5-4-6-13(10-12)15(16)7-8-15/h4-6,10-11H,7-9,16H2,1-3H3. The van der Waals surface area contributed by atoms with E-state index >= 15 is 0 Å². The number of hydrogen-bond acceptors (Lipinski definition) is 2. The van der Waals surface area contributed by atoms with E-state index in [1.54, 1.807) is 19.0 Å². The fourth-order valence-electron chi connectivity index (χ4n) is 2.31. The van der Waals surface area contributed by atoms with Crippen LogP contribution < -0.4 is 5.73 Å². The molecule has 1 aliphatic carbocycles. The Bertz CT molecular complexity index is 450. The van der Waals surface area contributed by atoms with Crippen LogP contribution in [0.2, 0.25) is 0 Å². The first-order valence-corrected chi connectivity index (χ1v) is 6.52. The summed E-state index contributed by atoms with van der Waals surface area (Å²) in [5, 5.41) is 0. The van der Waals surface area contributed by atoms with Crippen LogP contribution in [0.3, 0.4) is 0 Å². The van der Waals surface area contributed by atoms with Crippen molar-refractivity contribution in [1.82, 2.24) is 4.90 Å². The Morgan fingerprint density at radius 2 is 2.11 bits per heavy atom. The van der Waals surface area contributed by atoms with Crippen molar-refractivity contribution in [2.45, 2.75) is 31.7 Å². The van der Waals surface area contributed by atoms with Crippen molar-refractivity contribution in [2.24, 2.45) is 11.7 Å². The average Bonchev–Trinajstić information content (AvgIpc) is 3.08. The van der Waals surface area contributed by atoms with Crippen molar-refractivity contribution in [3.63, 3.8) is 0 Å². The smallest absolute Gasteiger partial charge is 0.225 e. The van der Waals surface area contributed by atoms with Crippen molar-refractivity contribution in [3.8, 4) is 0 Å². The number of amides is 1. The van der Waals surface area contributed by atoms with Crippen LogP contribution in [0, 0.1) is 5.92 Å². The molecule has 98 valence electrons. The second-order valence-electron chi connectivity index (χ2n) is 5.69. The van der Waals surface area contributed by atoms with Gasteiger partial charge in [0.15, 0.2) is 0 Å². The quantitative estimate of drug-likeness (QED) is 0.882. The van der Waals surface area contributed by atoms with Gasteiger partial charge in [-0.15, -0.1) is 0 Å². The van der Waals surface area contributed by atoms with E-state index < -0.39 is 0 Å². The molecule has 0 spiro atoms. The Labute approximate surface area is 109 Å². The lowest BCUT2D eigenvalue weighted by Gasteiger charge is -2.17.